The van der Waals surface area contributed by atoms with E-state index in [1.165, 1.54) is 11.8 Å². The van der Waals surface area contributed by atoms with E-state index in [1.54, 1.807) is 20.8 Å². The summed E-state index contributed by atoms with van der Waals surface area (Å²) in [5.74, 6) is -0.368. The number of aliphatic carboxylic acids is 1. The molecule has 0 fully saturated rings. The summed E-state index contributed by atoms with van der Waals surface area (Å²) in [6.07, 6.45) is 1.57. The maximum atomic E-state index is 11.3. The maximum absolute atomic E-state index is 11.3. The molecule has 0 aliphatic carbocycles. The first-order valence-electron chi connectivity index (χ1n) is 5.97. The Morgan fingerprint density at radius 1 is 1.33 bits per heavy atom. The highest BCUT2D eigenvalue weighted by atomic mass is 32.2. The molecule has 0 aromatic rings. The van der Waals surface area contributed by atoms with Crippen LogP contribution in [-0.4, -0.2) is 40.8 Å². The van der Waals surface area contributed by atoms with Crippen molar-refractivity contribution in [1.82, 2.24) is 5.32 Å². The van der Waals surface area contributed by atoms with Gasteiger partial charge in [0.05, 0.1) is 0 Å². The minimum absolute atomic E-state index is 0.385. The first-order valence-corrected chi connectivity index (χ1v) is 7.37. The summed E-state index contributed by atoms with van der Waals surface area (Å²) in [5, 5.41) is 11.2. The summed E-state index contributed by atoms with van der Waals surface area (Å²) < 4.78 is 4.98. The molecule has 2 N–H and O–H groups in total. The van der Waals surface area contributed by atoms with Gasteiger partial charge in [-0.1, -0.05) is 13.8 Å². The zero-order valence-corrected chi connectivity index (χ0v) is 12.9. The number of ether oxygens (including phenoxy) is 1. The Hall–Kier alpha value is -0.910. The molecule has 1 unspecified atom stereocenters. The van der Waals surface area contributed by atoms with E-state index >= 15 is 0 Å². The van der Waals surface area contributed by atoms with Crippen LogP contribution in [-0.2, 0) is 9.53 Å². The minimum Gasteiger partial charge on any atom is -0.480 e. The third-order valence-electron chi connectivity index (χ3n) is 1.60. The van der Waals surface area contributed by atoms with Crippen LogP contribution in [0.15, 0.2) is 0 Å². The lowest BCUT2D eigenvalue weighted by molar-refractivity contribution is -0.139. The molecule has 0 spiro atoms. The van der Waals surface area contributed by atoms with Crippen LogP contribution < -0.4 is 5.32 Å². The van der Waals surface area contributed by atoms with Crippen molar-refractivity contribution in [2.75, 3.05) is 12.0 Å². The number of nitrogens with one attached hydrogen (secondary N) is 1. The summed E-state index contributed by atoms with van der Waals surface area (Å²) >= 11 is 1.53. The van der Waals surface area contributed by atoms with Crippen LogP contribution in [0.2, 0.25) is 0 Å². The molecule has 0 saturated carbocycles. The Bertz CT molecular complexity index is 251. The first kappa shape index (κ1) is 19.4. The molecule has 6 heteroatoms. The van der Waals surface area contributed by atoms with E-state index in [4.69, 9.17) is 9.84 Å². The number of carboxylic acid groups (broad SMARTS) is 1. The molecule has 1 amide bonds. The van der Waals surface area contributed by atoms with Crippen LogP contribution in [0.25, 0.3) is 0 Å². The van der Waals surface area contributed by atoms with E-state index in [2.05, 4.69) is 5.32 Å². The van der Waals surface area contributed by atoms with E-state index in [0.29, 0.717) is 12.2 Å². The SMILES string of the molecule is CC.CSCCC(NC(=O)OC(C)(C)C)C(=O)O. The van der Waals surface area contributed by atoms with Crippen LogP contribution in [0.1, 0.15) is 41.0 Å². The van der Waals surface area contributed by atoms with E-state index in [0.717, 1.165) is 0 Å². The molecule has 0 bridgehead atoms. The molecule has 18 heavy (non-hydrogen) atoms. The Balaban J connectivity index is 0. The van der Waals surface area contributed by atoms with Gasteiger partial charge in [-0.25, -0.2) is 9.59 Å². The van der Waals surface area contributed by atoms with Gasteiger partial charge in [0.1, 0.15) is 11.6 Å². The highest BCUT2D eigenvalue weighted by Crippen LogP contribution is 2.08. The van der Waals surface area contributed by atoms with Crippen molar-refractivity contribution < 1.29 is 19.4 Å². The fourth-order valence-corrected chi connectivity index (χ4v) is 1.41. The Morgan fingerprint density at radius 2 is 1.83 bits per heavy atom. The Kier molecular flexibility index (Phi) is 10.9. The summed E-state index contributed by atoms with van der Waals surface area (Å²) in [6.45, 7) is 9.18. The number of carbonyl (C=O) groups is 2. The molecule has 0 aliphatic heterocycles. The third-order valence-corrected chi connectivity index (χ3v) is 2.24. The van der Waals surface area contributed by atoms with Crippen molar-refractivity contribution in [3.8, 4) is 0 Å². The van der Waals surface area contributed by atoms with Gasteiger partial charge in [0.15, 0.2) is 0 Å². The summed E-state index contributed by atoms with van der Waals surface area (Å²) in [4.78, 5) is 22.2. The fraction of sp³-hybridized carbons (Fsp3) is 0.833. The summed E-state index contributed by atoms with van der Waals surface area (Å²) in [5.41, 5.74) is -0.618. The second-order valence-electron chi connectivity index (χ2n) is 4.32. The number of rotatable bonds is 5. The van der Waals surface area contributed by atoms with Crippen LogP contribution >= 0.6 is 11.8 Å². The second-order valence-corrected chi connectivity index (χ2v) is 5.30. The van der Waals surface area contributed by atoms with Crippen LogP contribution in [0, 0.1) is 0 Å². The molecule has 1 atom stereocenters. The lowest BCUT2D eigenvalue weighted by atomic mass is 10.2. The lowest BCUT2D eigenvalue weighted by Gasteiger charge is -2.21. The number of alkyl carbamates (subject to hydrolysis) is 1. The predicted molar refractivity (Wildman–Crippen MR) is 75.1 cm³/mol. The molecular weight excluding hydrogens is 254 g/mol. The van der Waals surface area contributed by atoms with Gasteiger partial charge in [-0.15, -0.1) is 0 Å². The third kappa shape index (κ3) is 11.6. The van der Waals surface area contributed by atoms with Gasteiger partial charge in [-0.2, -0.15) is 11.8 Å². The van der Waals surface area contributed by atoms with Crippen molar-refractivity contribution in [1.29, 1.82) is 0 Å². The molecule has 0 aliphatic rings. The predicted octanol–water partition coefficient (Wildman–Crippen LogP) is 2.74. The number of hydrogen-bond donors (Lipinski definition) is 2. The smallest absolute Gasteiger partial charge is 0.408 e. The highest BCUT2D eigenvalue weighted by molar-refractivity contribution is 7.98. The van der Waals surface area contributed by atoms with Crippen LogP contribution in [0.4, 0.5) is 4.79 Å². The minimum atomic E-state index is -1.04. The van der Waals surface area contributed by atoms with Crippen molar-refractivity contribution in [2.24, 2.45) is 0 Å². The highest BCUT2D eigenvalue weighted by Gasteiger charge is 2.23. The van der Waals surface area contributed by atoms with Crippen molar-refractivity contribution in [3.63, 3.8) is 0 Å². The van der Waals surface area contributed by atoms with Crippen LogP contribution in [0.5, 0.6) is 0 Å². The second kappa shape index (κ2) is 10.1. The molecule has 5 nitrogen and oxygen atoms in total. The molecule has 0 heterocycles. The monoisotopic (exact) mass is 279 g/mol. The maximum Gasteiger partial charge on any atom is 0.408 e. The van der Waals surface area contributed by atoms with Gasteiger partial charge in [-0.3, -0.25) is 0 Å². The average molecular weight is 279 g/mol. The molecular formula is C12H25NO4S. The normalized spacial score (nSPS) is 11.9. The van der Waals surface area contributed by atoms with E-state index in [9.17, 15) is 9.59 Å². The van der Waals surface area contributed by atoms with E-state index in [-0.39, 0.29) is 0 Å². The number of amides is 1. The van der Waals surface area contributed by atoms with Gasteiger partial charge in [0, 0.05) is 0 Å². The molecule has 0 saturated heterocycles. The Morgan fingerprint density at radius 3 is 2.17 bits per heavy atom. The van der Waals surface area contributed by atoms with Gasteiger partial charge in [0.25, 0.3) is 0 Å². The quantitative estimate of drug-likeness (QED) is 0.809. The fourth-order valence-electron chi connectivity index (χ4n) is 0.943. The van der Waals surface area contributed by atoms with Gasteiger partial charge in [-0.05, 0) is 39.2 Å². The summed E-state index contributed by atoms with van der Waals surface area (Å²) in [6, 6.07) is -0.887. The standard InChI is InChI=1S/C10H19NO4S.C2H6/c1-10(2,3)15-9(14)11-7(8(12)13)5-6-16-4;1-2/h7H,5-6H2,1-4H3,(H,11,14)(H,12,13);1-2H3. The van der Waals surface area contributed by atoms with E-state index < -0.39 is 23.7 Å². The van der Waals surface area contributed by atoms with Gasteiger partial charge < -0.3 is 15.2 Å². The average Bonchev–Trinajstić information content (AvgIpc) is 2.24. The lowest BCUT2D eigenvalue weighted by Crippen LogP contribution is -2.43. The molecule has 0 radical (unpaired) electrons. The van der Waals surface area contributed by atoms with Crippen molar-refractivity contribution in [2.45, 2.75) is 52.7 Å². The van der Waals surface area contributed by atoms with E-state index in [1.807, 2.05) is 20.1 Å². The zero-order valence-electron chi connectivity index (χ0n) is 12.1. The summed E-state index contributed by atoms with van der Waals surface area (Å²) in [7, 11) is 0. The Labute approximate surface area is 114 Å². The van der Waals surface area contributed by atoms with Gasteiger partial charge in [0.2, 0.25) is 0 Å². The topological polar surface area (TPSA) is 75.6 Å². The first-order chi connectivity index (χ1) is 8.26. The van der Waals surface area contributed by atoms with Crippen molar-refractivity contribution in [3.05, 3.63) is 0 Å². The molecule has 0 aromatic carbocycles. The number of carboxylic acids is 1. The number of carbonyl (C=O) groups excluding carboxylic acids is 1. The molecule has 0 rings (SSSR count). The zero-order chi connectivity index (χ0) is 14.8. The molecule has 108 valence electrons. The van der Waals surface area contributed by atoms with Crippen LogP contribution in [0.3, 0.4) is 0 Å². The van der Waals surface area contributed by atoms with Crippen molar-refractivity contribution >= 4 is 23.8 Å². The number of thioether (sulfide) groups is 1. The molecule has 0 aromatic heterocycles. The van der Waals surface area contributed by atoms with Gasteiger partial charge >= 0.3 is 12.1 Å². The largest absolute Gasteiger partial charge is 0.480 e. The number of hydrogen-bond acceptors (Lipinski definition) is 4.